The fraction of sp³-hybridized carbons (Fsp3) is 0.556. The lowest BCUT2D eigenvalue weighted by Crippen LogP contribution is -2.13. The van der Waals surface area contributed by atoms with Crippen molar-refractivity contribution < 1.29 is 4.74 Å². The smallest absolute Gasteiger partial charge is 0.143 e. The fourth-order valence-corrected chi connectivity index (χ4v) is 1.21. The van der Waals surface area contributed by atoms with Crippen LogP contribution in [-0.2, 0) is 4.74 Å². The number of hydrogen-bond acceptors (Lipinski definition) is 5. The van der Waals surface area contributed by atoms with Gasteiger partial charge in [-0.15, -0.1) is 0 Å². The maximum absolute atomic E-state index is 5.29. The van der Waals surface area contributed by atoms with Gasteiger partial charge in [0.25, 0.3) is 0 Å². The summed E-state index contributed by atoms with van der Waals surface area (Å²) in [5.74, 6) is 6.85. The molecule has 0 aliphatic heterocycles. The molecule has 0 bridgehead atoms. The van der Waals surface area contributed by atoms with E-state index < -0.39 is 0 Å². The summed E-state index contributed by atoms with van der Waals surface area (Å²) in [5, 5.41) is 0. The van der Waals surface area contributed by atoms with Crippen molar-refractivity contribution >= 4 is 5.82 Å². The van der Waals surface area contributed by atoms with Crippen molar-refractivity contribution in [3.8, 4) is 0 Å². The topological polar surface area (TPSA) is 73.1 Å². The third kappa shape index (κ3) is 2.65. The first-order valence-corrected chi connectivity index (χ1v) is 4.48. The molecule has 0 radical (unpaired) electrons. The van der Waals surface area contributed by atoms with Crippen LogP contribution in [0.2, 0.25) is 0 Å². The third-order valence-corrected chi connectivity index (χ3v) is 1.88. The van der Waals surface area contributed by atoms with E-state index in [1.807, 2.05) is 13.8 Å². The van der Waals surface area contributed by atoms with Crippen molar-refractivity contribution in [1.29, 1.82) is 0 Å². The van der Waals surface area contributed by atoms with Crippen LogP contribution in [0.3, 0.4) is 0 Å². The van der Waals surface area contributed by atoms with Gasteiger partial charge in [0.05, 0.1) is 6.61 Å². The van der Waals surface area contributed by atoms with E-state index in [1.54, 1.807) is 13.2 Å². The molecule has 1 aromatic rings. The van der Waals surface area contributed by atoms with Crippen LogP contribution in [0.5, 0.6) is 0 Å². The highest BCUT2D eigenvalue weighted by Crippen LogP contribution is 2.13. The number of ether oxygens (including phenoxy) is 1. The predicted octanol–water partition coefficient (Wildman–Crippen LogP) is 0.821. The molecule has 1 aromatic heterocycles. The second-order valence-corrected chi connectivity index (χ2v) is 3.25. The Morgan fingerprint density at radius 2 is 2.29 bits per heavy atom. The van der Waals surface area contributed by atoms with Gasteiger partial charge in [0.15, 0.2) is 0 Å². The third-order valence-electron chi connectivity index (χ3n) is 1.88. The molecule has 0 amide bonds. The molecule has 1 heterocycles. The minimum absolute atomic E-state index is 0.173. The number of nitrogen functional groups attached to an aromatic ring is 1. The van der Waals surface area contributed by atoms with Crippen LogP contribution in [0.25, 0.3) is 0 Å². The minimum atomic E-state index is 0.173. The first-order chi connectivity index (χ1) is 6.67. The molecule has 1 unspecified atom stereocenters. The summed E-state index contributed by atoms with van der Waals surface area (Å²) >= 11 is 0. The first-order valence-electron chi connectivity index (χ1n) is 4.48. The predicted molar refractivity (Wildman–Crippen MR) is 54.9 cm³/mol. The SMILES string of the molecule is COCC(C)c1nc(C)cc(NN)n1. The number of hydrogen-bond donors (Lipinski definition) is 2. The van der Waals surface area contributed by atoms with Gasteiger partial charge in [-0.3, -0.25) is 0 Å². The molecule has 0 fully saturated rings. The highest BCUT2D eigenvalue weighted by molar-refractivity contribution is 5.34. The molecule has 0 saturated heterocycles. The summed E-state index contributed by atoms with van der Waals surface area (Å²) in [6.07, 6.45) is 0. The molecule has 1 rings (SSSR count). The summed E-state index contributed by atoms with van der Waals surface area (Å²) in [6, 6.07) is 1.79. The van der Waals surface area contributed by atoms with E-state index in [9.17, 15) is 0 Å². The Balaban J connectivity index is 2.90. The van der Waals surface area contributed by atoms with Gasteiger partial charge in [-0.1, -0.05) is 6.92 Å². The molecule has 5 nitrogen and oxygen atoms in total. The van der Waals surface area contributed by atoms with Gasteiger partial charge in [0, 0.05) is 24.8 Å². The number of nitrogens with one attached hydrogen (secondary N) is 1. The van der Waals surface area contributed by atoms with Gasteiger partial charge in [-0.25, -0.2) is 15.8 Å². The van der Waals surface area contributed by atoms with Gasteiger partial charge in [-0.2, -0.15) is 0 Å². The van der Waals surface area contributed by atoms with Crippen molar-refractivity contribution in [3.05, 3.63) is 17.6 Å². The van der Waals surface area contributed by atoms with E-state index in [2.05, 4.69) is 15.4 Å². The molecule has 3 N–H and O–H groups in total. The molecule has 78 valence electrons. The van der Waals surface area contributed by atoms with Gasteiger partial charge >= 0.3 is 0 Å². The van der Waals surface area contributed by atoms with Crippen molar-refractivity contribution in [2.24, 2.45) is 5.84 Å². The Morgan fingerprint density at radius 3 is 2.86 bits per heavy atom. The van der Waals surface area contributed by atoms with E-state index in [4.69, 9.17) is 10.6 Å². The van der Waals surface area contributed by atoms with Crippen LogP contribution in [0.4, 0.5) is 5.82 Å². The Bertz CT molecular complexity index is 303. The summed E-state index contributed by atoms with van der Waals surface area (Å²) in [4.78, 5) is 8.56. The number of nitrogens with two attached hydrogens (primary N) is 1. The maximum Gasteiger partial charge on any atom is 0.143 e. The lowest BCUT2D eigenvalue weighted by molar-refractivity contribution is 0.181. The van der Waals surface area contributed by atoms with Crippen molar-refractivity contribution in [3.63, 3.8) is 0 Å². The number of aryl methyl sites for hydroxylation is 1. The number of anilines is 1. The Kier molecular flexibility index (Phi) is 3.79. The number of aromatic nitrogens is 2. The number of nitrogens with zero attached hydrogens (tertiary/aromatic N) is 2. The van der Waals surface area contributed by atoms with E-state index >= 15 is 0 Å². The molecule has 0 spiro atoms. The van der Waals surface area contributed by atoms with Gasteiger partial charge in [0.2, 0.25) is 0 Å². The summed E-state index contributed by atoms with van der Waals surface area (Å²) < 4.78 is 5.04. The number of rotatable bonds is 4. The van der Waals surface area contributed by atoms with Crippen molar-refractivity contribution in [1.82, 2.24) is 9.97 Å². The normalized spacial score (nSPS) is 12.6. The Hall–Kier alpha value is -1.20. The average molecular weight is 196 g/mol. The molecule has 0 aromatic carbocycles. The highest BCUT2D eigenvalue weighted by Gasteiger charge is 2.09. The van der Waals surface area contributed by atoms with Crippen molar-refractivity contribution in [2.75, 3.05) is 19.1 Å². The van der Waals surface area contributed by atoms with Crippen molar-refractivity contribution in [2.45, 2.75) is 19.8 Å². The molecule has 1 atom stereocenters. The zero-order valence-electron chi connectivity index (χ0n) is 8.74. The highest BCUT2D eigenvalue weighted by atomic mass is 16.5. The quantitative estimate of drug-likeness (QED) is 0.551. The monoisotopic (exact) mass is 196 g/mol. The zero-order valence-corrected chi connectivity index (χ0v) is 8.74. The average Bonchev–Trinajstić information content (AvgIpc) is 2.17. The van der Waals surface area contributed by atoms with E-state index in [0.717, 1.165) is 11.5 Å². The molecular formula is C9H16N4O. The van der Waals surface area contributed by atoms with E-state index in [-0.39, 0.29) is 5.92 Å². The Labute approximate surface area is 83.7 Å². The summed E-state index contributed by atoms with van der Waals surface area (Å²) in [5.41, 5.74) is 3.41. The molecule has 14 heavy (non-hydrogen) atoms. The number of hydrazine groups is 1. The van der Waals surface area contributed by atoms with Crippen LogP contribution < -0.4 is 11.3 Å². The van der Waals surface area contributed by atoms with E-state index in [0.29, 0.717) is 12.4 Å². The Morgan fingerprint density at radius 1 is 1.57 bits per heavy atom. The fourth-order valence-electron chi connectivity index (χ4n) is 1.21. The second kappa shape index (κ2) is 4.88. The molecule has 0 saturated carbocycles. The molecule has 0 aliphatic carbocycles. The van der Waals surface area contributed by atoms with Gasteiger partial charge in [0.1, 0.15) is 11.6 Å². The van der Waals surface area contributed by atoms with Crippen LogP contribution in [-0.4, -0.2) is 23.7 Å². The number of methoxy groups -OCH3 is 1. The second-order valence-electron chi connectivity index (χ2n) is 3.25. The van der Waals surface area contributed by atoms with Gasteiger partial charge < -0.3 is 10.2 Å². The first kappa shape index (κ1) is 10.9. The molecule has 5 heteroatoms. The standard InChI is InChI=1S/C9H16N4O/c1-6(5-14-3)9-11-7(2)4-8(12-9)13-10/h4,6H,5,10H2,1-3H3,(H,11,12,13). The van der Waals surface area contributed by atoms with Crippen LogP contribution >= 0.6 is 0 Å². The molecular weight excluding hydrogens is 180 g/mol. The lowest BCUT2D eigenvalue weighted by atomic mass is 10.2. The van der Waals surface area contributed by atoms with Crippen LogP contribution in [0.15, 0.2) is 6.07 Å². The minimum Gasteiger partial charge on any atom is -0.384 e. The van der Waals surface area contributed by atoms with Crippen LogP contribution in [0.1, 0.15) is 24.4 Å². The summed E-state index contributed by atoms with van der Waals surface area (Å²) in [6.45, 7) is 4.53. The summed E-state index contributed by atoms with van der Waals surface area (Å²) in [7, 11) is 1.66. The van der Waals surface area contributed by atoms with Gasteiger partial charge in [-0.05, 0) is 6.92 Å². The van der Waals surface area contributed by atoms with E-state index in [1.165, 1.54) is 0 Å². The zero-order chi connectivity index (χ0) is 10.6. The molecule has 0 aliphatic rings. The maximum atomic E-state index is 5.29. The lowest BCUT2D eigenvalue weighted by Gasteiger charge is -2.10. The largest absolute Gasteiger partial charge is 0.384 e. The van der Waals surface area contributed by atoms with Crippen LogP contribution in [0, 0.1) is 6.92 Å².